The predicted molar refractivity (Wildman–Crippen MR) is 109 cm³/mol. The number of para-hydroxylation sites is 1. The fraction of sp³-hybridized carbons (Fsp3) is 0.211. The van der Waals surface area contributed by atoms with Gasteiger partial charge in [-0.05, 0) is 18.2 Å². The van der Waals surface area contributed by atoms with Crippen LogP contribution in [-0.4, -0.2) is 32.2 Å². The maximum absolute atomic E-state index is 12.9. The third kappa shape index (κ3) is 3.28. The Morgan fingerprint density at radius 2 is 1.85 bits per heavy atom. The van der Waals surface area contributed by atoms with Crippen molar-refractivity contribution in [3.63, 3.8) is 0 Å². The van der Waals surface area contributed by atoms with E-state index in [4.69, 9.17) is 27.9 Å². The highest BCUT2D eigenvalue weighted by Gasteiger charge is 2.22. The molecule has 134 valence electrons. The second kappa shape index (κ2) is 7.45. The molecule has 1 aliphatic rings. The van der Waals surface area contributed by atoms with Gasteiger partial charge >= 0.3 is 0 Å². The first-order valence-electron chi connectivity index (χ1n) is 8.25. The van der Waals surface area contributed by atoms with Crippen LogP contribution in [0.1, 0.15) is 9.67 Å². The molecule has 0 aliphatic carbocycles. The zero-order valence-corrected chi connectivity index (χ0v) is 16.1. The van der Waals surface area contributed by atoms with Gasteiger partial charge in [0.15, 0.2) is 0 Å². The summed E-state index contributed by atoms with van der Waals surface area (Å²) < 4.78 is 6.40. The lowest BCUT2D eigenvalue weighted by atomic mass is 10.2. The summed E-state index contributed by atoms with van der Waals surface area (Å²) in [5, 5.41) is 4.97. The number of ether oxygens (including phenoxy) is 1. The zero-order valence-electron chi connectivity index (χ0n) is 13.8. The molecule has 4 rings (SSSR count). The molecule has 2 heterocycles. The lowest BCUT2D eigenvalue weighted by Crippen LogP contribution is -2.37. The first-order valence-corrected chi connectivity index (χ1v) is 9.82. The van der Waals surface area contributed by atoms with Gasteiger partial charge in [-0.15, -0.1) is 11.3 Å². The zero-order chi connectivity index (χ0) is 18.1. The van der Waals surface area contributed by atoms with E-state index in [2.05, 4.69) is 10.2 Å². The maximum atomic E-state index is 12.9. The van der Waals surface area contributed by atoms with Crippen LogP contribution in [-0.2, 0) is 4.74 Å². The molecule has 1 fully saturated rings. The van der Waals surface area contributed by atoms with Crippen LogP contribution in [0.2, 0.25) is 10.0 Å². The Morgan fingerprint density at radius 3 is 2.62 bits per heavy atom. The molecule has 1 aliphatic heterocycles. The van der Waals surface area contributed by atoms with E-state index in [1.54, 1.807) is 0 Å². The molecular weight excluding hydrogens is 391 g/mol. The molecule has 3 aromatic rings. The van der Waals surface area contributed by atoms with Gasteiger partial charge in [0.2, 0.25) is 0 Å². The van der Waals surface area contributed by atoms with Crippen molar-refractivity contribution in [3.05, 3.63) is 57.4 Å². The minimum absolute atomic E-state index is 0.229. The fourth-order valence-corrected chi connectivity index (χ4v) is 4.77. The first kappa shape index (κ1) is 17.6. The van der Waals surface area contributed by atoms with E-state index >= 15 is 0 Å². The number of halogens is 2. The monoisotopic (exact) mass is 406 g/mol. The number of hydrogen-bond acceptors (Lipinski definition) is 4. The van der Waals surface area contributed by atoms with Crippen LogP contribution in [0.4, 0.5) is 11.4 Å². The maximum Gasteiger partial charge on any atom is 0.267 e. The average molecular weight is 407 g/mol. The SMILES string of the molecule is O=C(Nc1cccc(Cl)c1N1CCOCC1)c1sc2ccccc2c1Cl. The summed E-state index contributed by atoms with van der Waals surface area (Å²) in [6.45, 7) is 2.74. The minimum Gasteiger partial charge on any atom is -0.378 e. The number of hydrogen-bond donors (Lipinski definition) is 1. The Morgan fingerprint density at radius 1 is 1.08 bits per heavy atom. The summed E-state index contributed by atoms with van der Waals surface area (Å²) in [7, 11) is 0. The van der Waals surface area contributed by atoms with Crippen molar-refractivity contribution >= 4 is 61.9 Å². The number of amides is 1. The molecular formula is C19H16Cl2N2O2S. The lowest BCUT2D eigenvalue weighted by molar-refractivity contribution is 0.103. The highest BCUT2D eigenvalue weighted by atomic mass is 35.5. The molecule has 1 amide bonds. The largest absolute Gasteiger partial charge is 0.378 e. The van der Waals surface area contributed by atoms with E-state index < -0.39 is 0 Å². The number of rotatable bonds is 3. The van der Waals surface area contributed by atoms with E-state index in [-0.39, 0.29) is 5.91 Å². The number of carbonyl (C=O) groups excluding carboxylic acids is 1. The van der Waals surface area contributed by atoms with Crippen molar-refractivity contribution in [2.24, 2.45) is 0 Å². The van der Waals surface area contributed by atoms with E-state index in [1.807, 2.05) is 42.5 Å². The van der Waals surface area contributed by atoms with Crippen LogP contribution < -0.4 is 10.2 Å². The molecule has 0 unspecified atom stereocenters. The molecule has 26 heavy (non-hydrogen) atoms. The molecule has 0 atom stereocenters. The second-order valence-corrected chi connectivity index (χ2v) is 7.77. The van der Waals surface area contributed by atoms with Crippen molar-refractivity contribution in [3.8, 4) is 0 Å². The Labute approximate surface area is 165 Å². The summed E-state index contributed by atoms with van der Waals surface area (Å²) in [6, 6.07) is 13.2. The summed E-state index contributed by atoms with van der Waals surface area (Å²) >= 11 is 14.3. The van der Waals surface area contributed by atoms with Crippen LogP contribution in [0, 0.1) is 0 Å². The second-order valence-electron chi connectivity index (χ2n) is 5.93. The number of benzene rings is 2. The van der Waals surface area contributed by atoms with Crippen molar-refractivity contribution in [2.75, 3.05) is 36.5 Å². The molecule has 1 saturated heterocycles. The Kier molecular flexibility index (Phi) is 5.05. The smallest absolute Gasteiger partial charge is 0.267 e. The van der Waals surface area contributed by atoms with Gasteiger partial charge < -0.3 is 15.0 Å². The summed E-state index contributed by atoms with van der Waals surface area (Å²) in [5.41, 5.74) is 1.50. The van der Waals surface area contributed by atoms with Crippen LogP contribution in [0.15, 0.2) is 42.5 Å². The van der Waals surface area contributed by atoms with Crippen LogP contribution in [0.3, 0.4) is 0 Å². The Bertz CT molecular complexity index is 967. The Hall–Kier alpha value is -1.79. The van der Waals surface area contributed by atoms with Gasteiger partial charge in [-0.3, -0.25) is 4.79 Å². The van der Waals surface area contributed by atoms with Crippen molar-refractivity contribution < 1.29 is 9.53 Å². The molecule has 0 spiro atoms. The van der Waals surface area contributed by atoms with E-state index in [1.165, 1.54) is 11.3 Å². The van der Waals surface area contributed by atoms with E-state index in [0.717, 1.165) is 28.9 Å². The van der Waals surface area contributed by atoms with Gasteiger partial charge in [-0.25, -0.2) is 0 Å². The molecule has 0 radical (unpaired) electrons. The summed E-state index contributed by atoms with van der Waals surface area (Å²) in [4.78, 5) is 15.5. The summed E-state index contributed by atoms with van der Waals surface area (Å²) in [5.74, 6) is -0.229. The third-order valence-corrected chi connectivity index (χ3v) is 6.28. The number of morpholine rings is 1. The van der Waals surface area contributed by atoms with Crippen LogP contribution >= 0.6 is 34.5 Å². The number of nitrogens with zero attached hydrogens (tertiary/aromatic N) is 1. The average Bonchev–Trinajstić information content (AvgIpc) is 3.00. The van der Waals surface area contributed by atoms with Crippen molar-refractivity contribution in [1.29, 1.82) is 0 Å². The predicted octanol–water partition coefficient (Wildman–Crippen LogP) is 5.30. The molecule has 1 N–H and O–H groups in total. The Balaban J connectivity index is 1.67. The van der Waals surface area contributed by atoms with Gasteiger partial charge in [-0.2, -0.15) is 0 Å². The number of thiophene rings is 1. The van der Waals surface area contributed by atoms with Gasteiger partial charge in [0.1, 0.15) is 4.88 Å². The number of fused-ring (bicyclic) bond motifs is 1. The normalized spacial score (nSPS) is 14.6. The van der Waals surface area contributed by atoms with Crippen molar-refractivity contribution in [1.82, 2.24) is 0 Å². The number of anilines is 2. The van der Waals surface area contributed by atoms with Crippen LogP contribution in [0.25, 0.3) is 10.1 Å². The van der Waals surface area contributed by atoms with E-state index in [9.17, 15) is 4.79 Å². The molecule has 0 saturated carbocycles. The minimum atomic E-state index is -0.229. The van der Waals surface area contributed by atoms with E-state index in [0.29, 0.717) is 33.8 Å². The topological polar surface area (TPSA) is 41.6 Å². The highest BCUT2D eigenvalue weighted by Crippen LogP contribution is 2.38. The summed E-state index contributed by atoms with van der Waals surface area (Å²) in [6.07, 6.45) is 0. The lowest BCUT2D eigenvalue weighted by Gasteiger charge is -2.31. The first-order chi connectivity index (χ1) is 12.6. The van der Waals surface area contributed by atoms with Crippen molar-refractivity contribution in [2.45, 2.75) is 0 Å². The van der Waals surface area contributed by atoms with Gasteiger partial charge in [-0.1, -0.05) is 47.5 Å². The molecule has 0 bridgehead atoms. The highest BCUT2D eigenvalue weighted by molar-refractivity contribution is 7.21. The standard InChI is InChI=1S/C19H16Cl2N2O2S/c20-13-5-3-6-14(17(13)23-8-10-25-11-9-23)22-19(24)18-16(21)12-4-1-2-7-15(12)26-18/h1-7H,8-11H2,(H,22,24). The quantitative estimate of drug-likeness (QED) is 0.641. The van der Waals surface area contributed by atoms with Gasteiger partial charge in [0.05, 0.1) is 34.6 Å². The molecule has 1 aromatic heterocycles. The fourth-order valence-electron chi connectivity index (χ4n) is 3.06. The molecule has 4 nitrogen and oxygen atoms in total. The number of nitrogens with one attached hydrogen (secondary N) is 1. The van der Waals surface area contributed by atoms with Gasteiger partial charge in [0, 0.05) is 23.2 Å². The van der Waals surface area contributed by atoms with Crippen LogP contribution in [0.5, 0.6) is 0 Å². The molecule has 7 heteroatoms. The molecule has 2 aromatic carbocycles. The van der Waals surface area contributed by atoms with Gasteiger partial charge in [0.25, 0.3) is 5.91 Å². The number of carbonyl (C=O) groups is 1. The third-order valence-electron chi connectivity index (χ3n) is 4.30.